The largest absolute Gasteiger partial charge is 0.352 e. The molecule has 0 fully saturated rings. The Morgan fingerprint density at radius 1 is 0.903 bits per heavy atom. The summed E-state index contributed by atoms with van der Waals surface area (Å²) in [6, 6.07) is 20.4. The highest BCUT2D eigenvalue weighted by Gasteiger charge is 2.18. The normalized spacial score (nSPS) is 12.1. The van der Waals surface area contributed by atoms with E-state index in [0.29, 0.717) is 5.82 Å². The molecule has 0 aliphatic rings. The summed E-state index contributed by atoms with van der Waals surface area (Å²) in [6.45, 7) is 2.17. The van der Waals surface area contributed by atoms with Gasteiger partial charge < -0.3 is 4.90 Å². The molecule has 152 valence electrons. The van der Waals surface area contributed by atoms with Gasteiger partial charge in [0.1, 0.15) is 18.5 Å². The van der Waals surface area contributed by atoms with E-state index in [4.69, 9.17) is 9.97 Å². The van der Waals surface area contributed by atoms with Crippen molar-refractivity contribution in [1.82, 2.24) is 29.7 Å². The van der Waals surface area contributed by atoms with E-state index in [0.717, 1.165) is 28.0 Å². The summed E-state index contributed by atoms with van der Waals surface area (Å²) in [5, 5.41) is 5.21. The van der Waals surface area contributed by atoms with Gasteiger partial charge in [0.25, 0.3) is 0 Å². The zero-order valence-electron chi connectivity index (χ0n) is 17.3. The lowest BCUT2D eigenvalue weighted by Gasteiger charge is -2.28. The second kappa shape index (κ2) is 7.95. The molecule has 0 spiro atoms. The van der Waals surface area contributed by atoms with Crippen LogP contribution in [0.15, 0.2) is 85.7 Å². The van der Waals surface area contributed by atoms with Crippen molar-refractivity contribution in [2.45, 2.75) is 13.0 Å². The molecule has 2 aromatic carbocycles. The molecule has 5 aromatic rings. The molecular formula is C24H21N7. The SMILES string of the molecule is CC(c1ccc(-n2cncn2)cc1)N(C)c1nc(-c2cccnc2)nc2ccccc12. The summed E-state index contributed by atoms with van der Waals surface area (Å²) < 4.78 is 1.75. The monoisotopic (exact) mass is 407 g/mol. The molecule has 5 rings (SSSR count). The number of hydrogen-bond donors (Lipinski definition) is 0. The molecule has 3 aromatic heterocycles. The Morgan fingerprint density at radius 2 is 1.74 bits per heavy atom. The van der Waals surface area contributed by atoms with Gasteiger partial charge in [-0.1, -0.05) is 24.3 Å². The highest BCUT2D eigenvalue weighted by atomic mass is 15.3. The average Bonchev–Trinajstić information content (AvgIpc) is 3.38. The third-order valence-corrected chi connectivity index (χ3v) is 5.48. The maximum absolute atomic E-state index is 4.93. The van der Waals surface area contributed by atoms with Crippen LogP contribution < -0.4 is 4.90 Å². The van der Waals surface area contributed by atoms with Gasteiger partial charge in [-0.3, -0.25) is 4.98 Å². The molecule has 7 nitrogen and oxygen atoms in total. The summed E-state index contributed by atoms with van der Waals surface area (Å²) >= 11 is 0. The van der Waals surface area contributed by atoms with E-state index >= 15 is 0 Å². The van der Waals surface area contributed by atoms with Crippen molar-refractivity contribution in [1.29, 1.82) is 0 Å². The van der Waals surface area contributed by atoms with Gasteiger partial charge in [-0.05, 0) is 48.9 Å². The number of fused-ring (bicyclic) bond motifs is 1. The van der Waals surface area contributed by atoms with Gasteiger partial charge in [0.05, 0.1) is 17.2 Å². The molecule has 0 radical (unpaired) electrons. The first kappa shape index (κ1) is 18.9. The topological polar surface area (TPSA) is 72.6 Å². The van der Waals surface area contributed by atoms with E-state index in [1.165, 1.54) is 11.9 Å². The summed E-state index contributed by atoms with van der Waals surface area (Å²) in [4.78, 5) is 20.1. The Hall–Kier alpha value is -4.13. The second-order valence-corrected chi connectivity index (χ2v) is 7.35. The van der Waals surface area contributed by atoms with Crippen molar-refractivity contribution in [2.75, 3.05) is 11.9 Å². The molecule has 0 aliphatic heterocycles. The van der Waals surface area contributed by atoms with E-state index in [1.807, 2.05) is 42.5 Å². The van der Waals surface area contributed by atoms with Crippen LogP contribution in [0.5, 0.6) is 0 Å². The van der Waals surface area contributed by atoms with Crippen LogP contribution in [0.1, 0.15) is 18.5 Å². The Kier molecular flexibility index (Phi) is 4.84. The van der Waals surface area contributed by atoms with Crippen LogP contribution >= 0.6 is 0 Å². The molecule has 7 heteroatoms. The van der Waals surface area contributed by atoms with Crippen LogP contribution in [0.2, 0.25) is 0 Å². The first-order valence-electron chi connectivity index (χ1n) is 10.1. The van der Waals surface area contributed by atoms with Gasteiger partial charge in [-0.25, -0.2) is 19.6 Å². The minimum absolute atomic E-state index is 0.102. The fourth-order valence-electron chi connectivity index (χ4n) is 3.61. The van der Waals surface area contributed by atoms with E-state index < -0.39 is 0 Å². The Balaban J connectivity index is 1.53. The van der Waals surface area contributed by atoms with Gasteiger partial charge in [0, 0.05) is 30.4 Å². The Bertz CT molecular complexity index is 1300. The lowest BCUT2D eigenvalue weighted by atomic mass is 10.1. The smallest absolute Gasteiger partial charge is 0.163 e. The van der Waals surface area contributed by atoms with E-state index in [-0.39, 0.29) is 6.04 Å². The van der Waals surface area contributed by atoms with Crippen LogP contribution in [0.3, 0.4) is 0 Å². The van der Waals surface area contributed by atoms with Crippen molar-refractivity contribution in [2.24, 2.45) is 0 Å². The van der Waals surface area contributed by atoms with Gasteiger partial charge in [0.15, 0.2) is 5.82 Å². The van der Waals surface area contributed by atoms with Gasteiger partial charge in [-0.2, -0.15) is 5.10 Å². The van der Waals surface area contributed by atoms with Crippen LogP contribution in [0.25, 0.3) is 28.0 Å². The zero-order chi connectivity index (χ0) is 21.2. The first-order valence-corrected chi connectivity index (χ1v) is 10.1. The van der Waals surface area contributed by atoms with E-state index in [2.05, 4.69) is 52.1 Å². The van der Waals surface area contributed by atoms with Crippen molar-refractivity contribution in [3.05, 3.63) is 91.3 Å². The van der Waals surface area contributed by atoms with Crippen molar-refractivity contribution < 1.29 is 0 Å². The number of nitrogens with zero attached hydrogens (tertiary/aromatic N) is 7. The molecule has 0 bridgehead atoms. The number of anilines is 1. The number of pyridine rings is 1. The van der Waals surface area contributed by atoms with Crippen LogP contribution in [0.4, 0.5) is 5.82 Å². The number of benzene rings is 2. The highest BCUT2D eigenvalue weighted by molar-refractivity contribution is 5.91. The third-order valence-electron chi connectivity index (χ3n) is 5.48. The average molecular weight is 407 g/mol. The Morgan fingerprint density at radius 3 is 2.48 bits per heavy atom. The molecule has 0 N–H and O–H groups in total. The number of aromatic nitrogens is 6. The number of hydrogen-bond acceptors (Lipinski definition) is 6. The summed E-state index contributed by atoms with van der Waals surface area (Å²) in [5.41, 5.74) is 3.96. The summed E-state index contributed by atoms with van der Waals surface area (Å²) in [7, 11) is 2.07. The molecule has 0 aliphatic carbocycles. The molecule has 0 saturated heterocycles. The van der Waals surface area contributed by atoms with E-state index in [9.17, 15) is 0 Å². The molecule has 1 atom stereocenters. The zero-order valence-corrected chi connectivity index (χ0v) is 17.3. The molecular weight excluding hydrogens is 386 g/mol. The van der Waals surface area contributed by atoms with Crippen LogP contribution in [-0.2, 0) is 0 Å². The van der Waals surface area contributed by atoms with Crippen molar-refractivity contribution >= 4 is 16.7 Å². The predicted molar refractivity (Wildman–Crippen MR) is 121 cm³/mol. The molecule has 0 amide bonds. The second-order valence-electron chi connectivity index (χ2n) is 7.35. The summed E-state index contributed by atoms with van der Waals surface area (Å²) in [5.74, 6) is 1.56. The lowest BCUT2D eigenvalue weighted by Crippen LogP contribution is -2.23. The predicted octanol–water partition coefficient (Wildman–Crippen LogP) is 4.47. The number of rotatable bonds is 5. The summed E-state index contributed by atoms with van der Waals surface area (Å²) in [6.07, 6.45) is 6.77. The van der Waals surface area contributed by atoms with Gasteiger partial charge >= 0.3 is 0 Å². The lowest BCUT2D eigenvalue weighted by molar-refractivity contribution is 0.730. The highest BCUT2D eigenvalue weighted by Crippen LogP contribution is 2.31. The van der Waals surface area contributed by atoms with Gasteiger partial charge in [-0.15, -0.1) is 0 Å². The molecule has 1 unspecified atom stereocenters. The quantitative estimate of drug-likeness (QED) is 0.428. The maximum Gasteiger partial charge on any atom is 0.163 e. The fraction of sp³-hybridized carbons (Fsp3) is 0.125. The minimum atomic E-state index is 0.102. The standard InChI is InChI=1S/C24H21N7/c1-17(18-9-11-20(12-10-18)31-16-26-15-27-31)30(2)24-21-7-3-4-8-22(21)28-23(29-24)19-6-5-13-25-14-19/h3-17H,1-2H3. The Labute approximate surface area is 180 Å². The fourth-order valence-corrected chi connectivity index (χ4v) is 3.61. The maximum atomic E-state index is 4.93. The van der Waals surface area contributed by atoms with Crippen LogP contribution in [-0.4, -0.2) is 36.8 Å². The van der Waals surface area contributed by atoms with E-state index in [1.54, 1.807) is 23.4 Å². The number of para-hydroxylation sites is 1. The molecule has 3 heterocycles. The first-order chi connectivity index (χ1) is 15.2. The molecule has 0 saturated carbocycles. The van der Waals surface area contributed by atoms with Gasteiger partial charge in [0.2, 0.25) is 0 Å². The van der Waals surface area contributed by atoms with Crippen LogP contribution in [0, 0.1) is 0 Å². The van der Waals surface area contributed by atoms with Crippen molar-refractivity contribution in [3.8, 4) is 17.1 Å². The van der Waals surface area contributed by atoms with Crippen molar-refractivity contribution in [3.63, 3.8) is 0 Å². The molecule has 31 heavy (non-hydrogen) atoms. The minimum Gasteiger partial charge on any atom is -0.352 e. The third kappa shape index (κ3) is 3.61.